The third-order valence-corrected chi connectivity index (χ3v) is 4.88. The summed E-state index contributed by atoms with van der Waals surface area (Å²) in [5.74, 6) is -0.0210. The van der Waals surface area contributed by atoms with Gasteiger partial charge in [0.2, 0.25) is 5.76 Å². The fraction of sp³-hybridized carbons (Fsp3) is 0.286. The number of fused-ring (bicyclic) bond motifs is 2. The lowest BCUT2D eigenvalue weighted by Gasteiger charge is -2.10. The van der Waals surface area contributed by atoms with Crippen LogP contribution in [0.2, 0.25) is 0 Å². The van der Waals surface area contributed by atoms with Crippen LogP contribution in [-0.4, -0.2) is 36.2 Å². The number of amides is 1. The first-order valence-corrected chi connectivity index (χ1v) is 9.50. The molecule has 2 aromatic heterocycles. The van der Waals surface area contributed by atoms with E-state index < -0.39 is 0 Å². The van der Waals surface area contributed by atoms with Crippen LogP contribution in [0.25, 0.3) is 11.0 Å². The zero-order valence-corrected chi connectivity index (χ0v) is 15.8. The summed E-state index contributed by atoms with van der Waals surface area (Å²) in [6.45, 7) is 4.09. The van der Waals surface area contributed by atoms with Gasteiger partial charge in [-0.05, 0) is 48.7 Å². The number of carbonyl (C=O) groups excluding carboxylic acids is 1. The molecule has 1 aromatic carbocycles. The van der Waals surface area contributed by atoms with Gasteiger partial charge in [0.05, 0.1) is 11.9 Å². The molecule has 1 amide bonds. The number of anilines is 2. The number of pyridine rings is 1. The van der Waals surface area contributed by atoms with E-state index in [4.69, 9.17) is 9.83 Å². The number of nitrogens with one attached hydrogen (secondary N) is 4. The predicted molar refractivity (Wildman–Crippen MR) is 110 cm³/mol. The van der Waals surface area contributed by atoms with E-state index in [2.05, 4.69) is 20.9 Å². The Balaban J connectivity index is 1.64. The summed E-state index contributed by atoms with van der Waals surface area (Å²) in [6, 6.07) is 7.78. The van der Waals surface area contributed by atoms with Crippen LogP contribution in [0, 0.1) is 5.41 Å². The van der Waals surface area contributed by atoms with Gasteiger partial charge in [-0.2, -0.15) is 0 Å². The second-order valence-corrected chi connectivity index (χ2v) is 6.76. The van der Waals surface area contributed by atoms with Gasteiger partial charge in [-0.25, -0.2) is 0 Å². The van der Waals surface area contributed by atoms with E-state index in [1.165, 1.54) is 0 Å². The first-order chi connectivity index (χ1) is 13.7. The number of hydrogen-bond donors (Lipinski definition) is 4. The van der Waals surface area contributed by atoms with E-state index in [-0.39, 0.29) is 11.7 Å². The fourth-order valence-electron chi connectivity index (χ4n) is 3.47. The van der Waals surface area contributed by atoms with E-state index in [0.717, 1.165) is 41.6 Å². The lowest BCUT2D eigenvalue weighted by molar-refractivity contribution is 0.0929. The van der Waals surface area contributed by atoms with Crippen LogP contribution in [-0.2, 0) is 6.42 Å². The van der Waals surface area contributed by atoms with E-state index in [9.17, 15) is 4.79 Å². The van der Waals surface area contributed by atoms with Crippen molar-refractivity contribution in [2.75, 3.05) is 25.0 Å². The quantitative estimate of drug-likeness (QED) is 0.474. The summed E-state index contributed by atoms with van der Waals surface area (Å²) in [4.78, 5) is 16.8. The monoisotopic (exact) mass is 377 g/mol. The highest BCUT2D eigenvalue weighted by Crippen LogP contribution is 2.34. The molecule has 0 atom stereocenters. The number of benzene rings is 1. The molecule has 0 spiro atoms. The molecular formula is C21H23N5O2. The van der Waals surface area contributed by atoms with E-state index in [0.29, 0.717) is 30.1 Å². The Morgan fingerprint density at radius 3 is 3.00 bits per heavy atom. The number of furan rings is 1. The minimum Gasteiger partial charge on any atom is -0.447 e. The average molecular weight is 377 g/mol. The Bertz CT molecular complexity index is 1040. The highest BCUT2D eigenvalue weighted by molar-refractivity contribution is 6.07. The molecule has 2 heterocycles. The number of carbonyl (C=O) groups is 1. The molecule has 1 aliphatic rings. The molecule has 144 valence electrons. The molecule has 0 aliphatic heterocycles. The fourth-order valence-corrected chi connectivity index (χ4v) is 3.47. The number of aromatic nitrogens is 1. The van der Waals surface area contributed by atoms with Gasteiger partial charge in [0.15, 0.2) is 5.58 Å². The van der Waals surface area contributed by atoms with Crippen molar-refractivity contribution in [3.8, 4) is 0 Å². The third-order valence-electron chi connectivity index (χ3n) is 4.88. The normalized spacial score (nSPS) is 13.0. The van der Waals surface area contributed by atoms with Crippen molar-refractivity contribution in [2.24, 2.45) is 0 Å². The van der Waals surface area contributed by atoms with Gasteiger partial charge in [0.1, 0.15) is 0 Å². The maximum atomic E-state index is 12.7. The number of rotatable bonds is 7. The van der Waals surface area contributed by atoms with E-state index >= 15 is 0 Å². The maximum absolute atomic E-state index is 12.7. The molecule has 7 heteroatoms. The van der Waals surface area contributed by atoms with Gasteiger partial charge < -0.3 is 25.8 Å². The summed E-state index contributed by atoms with van der Waals surface area (Å²) in [6.07, 6.45) is 4.94. The molecule has 0 bridgehead atoms. The molecule has 0 radical (unpaired) electrons. The van der Waals surface area contributed by atoms with Crippen LogP contribution in [0.15, 0.2) is 41.1 Å². The second kappa shape index (κ2) is 7.82. The summed E-state index contributed by atoms with van der Waals surface area (Å²) in [5.41, 5.74) is 4.90. The Hall–Kier alpha value is -3.19. The molecular weight excluding hydrogens is 354 g/mol. The SMILES string of the molecule is CCNCCNC(=O)c1oc2cnccc2c1Nc1ccc2c(c1)CCC2=N. The Labute approximate surface area is 163 Å². The van der Waals surface area contributed by atoms with Crippen molar-refractivity contribution in [3.05, 3.63) is 53.5 Å². The van der Waals surface area contributed by atoms with E-state index in [1.807, 2.05) is 31.2 Å². The molecule has 0 unspecified atom stereocenters. The number of aryl methyl sites for hydroxylation is 1. The highest BCUT2D eigenvalue weighted by Gasteiger charge is 2.22. The summed E-state index contributed by atoms with van der Waals surface area (Å²) in [5, 5.41) is 18.2. The zero-order chi connectivity index (χ0) is 19.5. The largest absolute Gasteiger partial charge is 0.447 e. The van der Waals surface area contributed by atoms with Crippen LogP contribution in [0.5, 0.6) is 0 Å². The molecule has 7 nitrogen and oxygen atoms in total. The van der Waals surface area contributed by atoms with Crippen LogP contribution < -0.4 is 16.0 Å². The smallest absolute Gasteiger partial charge is 0.289 e. The number of hydrogen-bond acceptors (Lipinski definition) is 6. The minimum absolute atomic E-state index is 0.243. The van der Waals surface area contributed by atoms with Crippen molar-refractivity contribution in [1.82, 2.24) is 15.6 Å². The zero-order valence-electron chi connectivity index (χ0n) is 15.8. The highest BCUT2D eigenvalue weighted by atomic mass is 16.3. The van der Waals surface area contributed by atoms with Crippen LogP contribution in [0.4, 0.5) is 11.4 Å². The molecule has 4 rings (SSSR count). The molecule has 0 fully saturated rings. The third kappa shape index (κ3) is 3.48. The topological polar surface area (TPSA) is 103 Å². The summed E-state index contributed by atoms with van der Waals surface area (Å²) in [7, 11) is 0. The van der Waals surface area contributed by atoms with Crippen molar-refractivity contribution < 1.29 is 9.21 Å². The number of nitrogens with zero attached hydrogens (tertiary/aromatic N) is 1. The van der Waals surface area contributed by atoms with Crippen molar-refractivity contribution in [3.63, 3.8) is 0 Å². The van der Waals surface area contributed by atoms with E-state index in [1.54, 1.807) is 12.4 Å². The minimum atomic E-state index is -0.264. The Morgan fingerprint density at radius 1 is 1.25 bits per heavy atom. The van der Waals surface area contributed by atoms with Crippen molar-refractivity contribution >= 4 is 34.0 Å². The molecule has 1 aliphatic carbocycles. The number of likely N-dealkylation sites (N-methyl/N-ethyl adjacent to an activating group) is 1. The lowest BCUT2D eigenvalue weighted by atomic mass is 10.1. The standard InChI is InChI=1S/C21H23N5O2/c1-2-23-9-10-25-21(27)20-19(16-7-8-24-12-18(16)28-20)26-14-4-5-15-13(11-14)3-6-17(15)22/h4-5,7-8,11-12,22-23,26H,2-3,6,9-10H2,1H3,(H,25,27). The van der Waals surface area contributed by atoms with Crippen molar-refractivity contribution in [1.29, 1.82) is 5.41 Å². The Morgan fingerprint density at radius 2 is 2.14 bits per heavy atom. The van der Waals surface area contributed by atoms with Gasteiger partial charge in [-0.15, -0.1) is 0 Å². The first kappa shape index (κ1) is 18.2. The molecule has 4 N–H and O–H groups in total. The first-order valence-electron chi connectivity index (χ1n) is 9.50. The molecule has 3 aromatic rings. The molecule has 0 saturated heterocycles. The second-order valence-electron chi connectivity index (χ2n) is 6.76. The molecule has 28 heavy (non-hydrogen) atoms. The van der Waals surface area contributed by atoms with Gasteiger partial charge in [-0.3, -0.25) is 9.78 Å². The van der Waals surface area contributed by atoms with Gasteiger partial charge >= 0.3 is 0 Å². The predicted octanol–water partition coefficient (Wildman–Crippen LogP) is 3.22. The van der Waals surface area contributed by atoms with Crippen molar-refractivity contribution in [2.45, 2.75) is 19.8 Å². The molecule has 0 saturated carbocycles. The Kier molecular flexibility index (Phi) is 5.08. The van der Waals surface area contributed by atoms with Crippen LogP contribution >= 0.6 is 0 Å². The summed E-state index contributed by atoms with van der Waals surface area (Å²) < 4.78 is 5.81. The van der Waals surface area contributed by atoms with Crippen LogP contribution in [0.1, 0.15) is 35.0 Å². The maximum Gasteiger partial charge on any atom is 0.289 e. The average Bonchev–Trinajstić information content (AvgIpc) is 3.26. The summed E-state index contributed by atoms with van der Waals surface area (Å²) >= 11 is 0. The van der Waals surface area contributed by atoms with Gasteiger partial charge in [0.25, 0.3) is 5.91 Å². The van der Waals surface area contributed by atoms with Gasteiger partial charge in [-0.1, -0.05) is 13.0 Å². The van der Waals surface area contributed by atoms with Crippen LogP contribution in [0.3, 0.4) is 0 Å². The van der Waals surface area contributed by atoms with Gasteiger partial charge in [0, 0.05) is 36.1 Å². The lowest BCUT2D eigenvalue weighted by Crippen LogP contribution is -2.31.